The summed E-state index contributed by atoms with van der Waals surface area (Å²) in [5.41, 5.74) is 0.141. The molecule has 0 radical (unpaired) electrons. The van der Waals surface area contributed by atoms with E-state index in [-0.39, 0.29) is 6.42 Å². The molecule has 0 aliphatic heterocycles. The van der Waals surface area contributed by atoms with E-state index in [1.54, 1.807) is 31.2 Å². The molecule has 4 rings (SSSR count). The zero-order valence-corrected chi connectivity index (χ0v) is 15.2. The van der Waals surface area contributed by atoms with Crippen LogP contribution in [0, 0.1) is 0 Å². The van der Waals surface area contributed by atoms with Crippen molar-refractivity contribution in [3.8, 4) is 0 Å². The van der Waals surface area contributed by atoms with Crippen LogP contribution in [0.1, 0.15) is 19.4 Å². The molecule has 2 aromatic heterocycles. The van der Waals surface area contributed by atoms with Gasteiger partial charge in [0.1, 0.15) is 6.04 Å². The van der Waals surface area contributed by atoms with Crippen molar-refractivity contribution in [1.82, 2.24) is 14.5 Å². The molecule has 7 nitrogen and oxygen atoms in total. The number of carbonyl (C=O) groups excluding carboxylic acids is 1. The summed E-state index contributed by atoms with van der Waals surface area (Å²) in [6.45, 7) is 1.75. The quantitative estimate of drug-likeness (QED) is 0.569. The number of benzene rings is 2. The van der Waals surface area contributed by atoms with Gasteiger partial charge in [0.15, 0.2) is 5.13 Å². The number of hydrogen-bond acceptors (Lipinski definition) is 5. The van der Waals surface area contributed by atoms with E-state index in [2.05, 4.69) is 15.3 Å². The Hall–Kier alpha value is -3.26. The summed E-state index contributed by atoms with van der Waals surface area (Å²) < 4.78 is 1.92. The molecule has 2 aromatic carbocycles. The molecule has 0 aliphatic rings. The van der Waals surface area contributed by atoms with Crippen LogP contribution in [-0.4, -0.2) is 20.4 Å². The summed E-state index contributed by atoms with van der Waals surface area (Å²) >= 11 is 1.34. The van der Waals surface area contributed by atoms with E-state index in [4.69, 9.17) is 0 Å². The first kappa shape index (κ1) is 17.2. The largest absolute Gasteiger partial charge is 0.329 e. The number of H-pyrrole nitrogens is 1. The van der Waals surface area contributed by atoms with Gasteiger partial charge in [-0.25, -0.2) is 14.3 Å². The van der Waals surface area contributed by atoms with Gasteiger partial charge in [0.2, 0.25) is 5.91 Å². The number of para-hydroxylation sites is 2. The molecule has 8 heteroatoms. The lowest BCUT2D eigenvalue weighted by molar-refractivity contribution is -0.119. The average molecular weight is 380 g/mol. The van der Waals surface area contributed by atoms with Crippen LogP contribution in [-0.2, 0) is 4.79 Å². The molecule has 2 N–H and O–H groups in total. The molecule has 1 atom stereocenters. The number of anilines is 1. The summed E-state index contributed by atoms with van der Waals surface area (Å²) in [6.07, 6.45) is 0.290. The van der Waals surface area contributed by atoms with E-state index in [1.165, 1.54) is 11.3 Å². The lowest BCUT2D eigenvalue weighted by Crippen LogP contribution is -2.42. The highest BCUT2D eigenvalue weighted by molar-refractivity contribution is 7.22. The Balaban J connectivity index is 1.73. The Morgan fingerprint density at radius 3 is 2.70 bits per heavy atom. The van der Waals surface area contributed by atoms with Crippen LogP contribution in [0.15, 0.2) is 58.1 Å². The highest BCUT2D eigenvalue weighted by atomic mass is 32.1. The highest BCUT2D eigenvalue weighted by Gasteiger charge is 2.24. The molecule has 2 heterocycles. The second-order valence-corrected chi connectivity index (χ2v) is 7.08. The van der Waals surface area contributed by atoms with Crippen molar-refractivity contribution in [2.45, 2.75) is 19.4 Å². The Bertz CT molecular complexity index is 1240. The van der Waals surface area contributed by atoms with Crippen molar-refractivity contribution in [2.75, 3.05) is 5.32 Å². The number of nitrogens with one attached hydrogen (secondary N) is 2. The second-order valence-electron chi connectivity index (χ2n) is 6.05. The van der Waals surface area contributed by atoms with Crippen LogP contribution >= 0.6 is 11.3 Å². The van der Waals surface area contributed by atoms with Gasteiger partial charge >= 0.3 is 5.69 Å². The van der Waals surface area contributed by atoms with E-state index in [1.807, 2.05) is 24.3 Å². The molecular weight excluding hydrogens is 364 g/mol. The molecule has 136 valence electrons. The first-order valence-electron chi connectivity index (χ1n) is 8.48. The van der Waals surface area contributed by atoms with Crippen molar-refractivity contribution in [3.63, 3.8) is 0 Å². The Morgan fingerprint density at radius 1 is 1.19 bits per heavy atom. The number of amides is 1. The van der Waals surface area contributed by atoms with Gasteiger partial charge < -0.3 is 10.3 Å². The minimum absolute atomic E-state index is 0.290. The number of aromatic amines is 1. The number of nitrogens with zero attached hydrogens (tertiary/aromatic N) is 2. The summed E-state index contributed by atoms with van der Waals surface area (Å²) in [7, 11) is 0. The van der Waals surface area contributed by atoms with Gasteiger partial charge in [0.25, 0.3) is 5.56 Å². The van der Waals surface area contributed by atoms with Gasteiger partial charge in [-0.15, -0.1) is 0 Å². The molecule has 0 fully saturated rings. The molecule has 0 unspecified atom stereocenters. The smallest absolute Gasteiger partial charge is 0.307 e. The third-order valence-electron chi connectivity index (χ3n) is 4.36. The molecule has 0 saturated heterocycles. The van der Waals surface area contributed by atoms with E-state index >= 15 is 0 Å². The summed E-state index contributed by atoms with van der Waals surface area (Å²) in [5, 5.41) is 3.54. The Labute approximate surface area is 157 Å². The number of rotatable bonds is 4. The normalized spacial score (nSPS) is 12.3. The van der Waals surface area contributed by atoms with Gasteiger partial charge in [-0.3, -0.25) is 9.59 Å². The third-order valence-corrected chi connectivity index (χ3v) is 5.31. The first-order chi connectivity index (χ1) is 13.1. The molecule has 1 amide bonds. The van der Waals surface area contributed by atoms with Crippen molar-refractivity contribution >= 4 is 43.5 Å². The molecule has 0 bridgehead atoms. The van der Waals surface area contributed by atoms with Crippen molar-refractivity contribution in [3.05, 3.63) is 69.4 Å². The van der Waals surface area contributed by atoms with E-state index in [0.717, 1.165) is 14.8 Å². The molecule has 0 saturated carbocycles. The highest BCUT2D eigenvalue weighted by Crippen LogP contribution is 2.26. The van der Waals surface area contributed by atoms with Crippen LogP contribution in [0.2, 0.25) is 0 Å². The zero-order valence-electron chi connectivity index (χ0n) is 14.4. The lowest BCUT2D eigenvalue weighted by Gasteiger charge is -2.16. The standard InChI is InChI=1S/C19H16N4O3S/c1-2-14(16(24)22-18-20-13-9-5-6-10-15(13)27-18)23-17(25)11-7-3-4-8-12(11)21-19(23)26/h3-10,14H,2H2,1H3,(H,21,26)(H,20,22,24)/t14-/m0/s1. The lowest BCUT2D eigenvalue weighted by atomic mass is 10.2. The molecule has 4 aromatic rings. The van der Waals surface area contributed by atoms with Crippen molar-refractivity contribution in [1.29, 1.82) is 0 Å². The monoisotopic (exact) mass is 380 g/mol. The van der Waals surface area contributed by atoms with Crippen LogP contribution in [0.5, 0.6) is 0 Å². The Morgan fingerprint density at radius 2 is 1.93 bits per heavy atom. The number of aromatic nitrogens is 3. The van der Waals surface area contributed by atoms with Gasteiger partial charge in [-0.05, 0) is 30.7 Å². The fourth-order valence-corrected chi connectivity index (χ4v) is 3.93. The average Bonchev–Trinajstić information content (AvgIpc) is 3.07. The van der Waals surface area contributed by atoms with Crippen LogP contribution in [0.25, 0.3) is 21.1 Å². The second kappa shape index (κ2) is 6.81. The fourth-order valence-electron chi connectivity index (χ4n) is 3.06. The fraction of sp³-hybridized carbons (Fsp3) is 0.158. The summed E-state index contributed by atoms with van der Waals surface area (Å²) in [4.78, 5) is 45.1. The van der Waals surface area contributed by atoms with E-state index < -0.39 is 23.2 Å². The van der Waals surface area contributed by atoms with Gasteiger partial charge in [-0.1, -0.05) is 42.5 Å². The minimum atomic E-state index is -0.933. The van der Waals surface area contributed by atoms with Crippen molar-refractivity contribution < 1.29 is 4.79 Å². The maximum atomic E-state index is 12.8. The number of carbonyl (C=O) groups is 1. The van der Waals surface area contributed by atoms with Crippen LogP contribution < -0.4 is 16.6 Å². The summed E-state index contributed by atoms with van der Waals surface area (Å²) in [5.74, 6) is -0.445. The van der Waals surface area contributed by atoms with Gasteiger partial charge in [-0.2, -0.15) is 0 Å². The maximum absolute atomic E-state index is 12.8. The maximum Gasteiger partial charge on any atom is 0.329 e. The minimum Gasteiger partial charge on any atom is -0.307 e. The number of thiazole rings is 1. The van der Waals surface area contributed by atoms with Crippen LogP contribution in [0.3, 0.4) is 0 Å². The topological polar surface area (TPSA) is 96.8 Å². The summed E-state index contributed by atoms with van der Waals surface area (Å²) in [6, 6.07) is 13.3. The third kappa shape index (κ3) is 3.04. The zero-order chi connectivity index (χ0) is 19.0. The SMILES string of the molecule is CC[C@@H](C(=O)Nc1nc2ccccc2s1)n1c(=O)[nH]c2ccccc2c1=O. The predicted molar refractivity (Wildman–Crippen MR) is 106 cm³/mol. The number of hydrogen-bond donors (Lipinski definition) is 2. The predicted octanol–water partition coefficient (Wildman–Crippen LogP) is 2.89. The molecule has 27 heavy (non-hydrogen) atoms. The number of fused-ring (bicyclic) bond motifs is 2. The first-order valence-corrected chi connectivity index (χ1v) is 9.30. The van der Waals surface area contributed by atoms with E-state index in [9.17, 15) is 14.4 Å². The molecule has 0 aliphatic carbocycles. The molecule has 0 spiro atoms. The van der Waals surface area contributed by atoms with E-state index in [0.29, 0.717) is 16.0 Å². The van der Waals surface area contributed by atoms with Gasteiger partial charge in [0, 0.05) is 0 Å². The van der Waals surface area contributed by atoms with Crippen LogP contribution in [0.4, 0.5) is 5.13 Å². The molecular formula is C19H16N4O3S. The van der Waals surface area contributed by atoms with Crippen molar-refractivity contribution in [2.24, 2.45) is 0 Å². The van der Waals surface area contributed by atoms with Gasteiger partial charge in [0.05, 0.1) is 21.1 Å². The Kier molecular flexibility index (Phi) is 4.33.